The number of hydrogen-bond acceptors (Lipinski definition) is 4. The van der Waals surface area contributed by atoms with Crippen LogP contribution < -0.4 is 5.32 Å². The van der Waals surface area contributed by atoms with E-state index in [4.69, 9.17) is 0 Å². The molecule has 2 aromatic heterocycles. The summed E-state index contributed by atoms with van der Waals surface area (Å²) < 4.78 is 1.94. The van der Waals surface area contributed by atoms with Crippen LogP contribution in [0.4, 0.5) is 0 Å². The Bertz CT molecular complexity index is 560. The quantitative estimate of drug-likeness (QED) is 0.914. The van der Waals surface area contributed by atoms with Crippen LogP contribution in [0, 0.1) is 6.92 Å². The number of hydrogen-bond donors (Lipinski definition) is 1. The van der Waals surface area contributed by atoms with Gasteiger partial charge in [0.25, 0.3) is 5.91 Å². The van der Waals surface area contributed by atoms with Gasteiger partial charge in [-0.25, -0.2) is 9.97 Å². The van der Waals surface area contributed by atoms with Gasteiger partial charge in [-0.15, -0.1) is 11.3 Å². The number of amides is 1. The standard InChI is InChI=1S/C13H18N4OS/c1-4-5-10(12-14-6-7-17(12)3)16-13(18)11-8-19-9(2)15-11/h6-8,10H,4-5H2,1-3H3,(H,16,18). The third-order valence-corrected chi connectivity index (χ3v) is 3.68. The molecule has 1 N–H and O–H groups in total. The van der Waals surface area contributed by atoms with E-state index in [0.29, 0.717) is 5.69 Å². The van der Waals surface area contributed by atoms with Gasteiger partial charge in [-0.05, 0) is 13.3 Å². The van der Waals surface area contributed by atoms with Crippen LogP contribution in [0.1, 0.15) is 47.1 Å². The SMILES string of the molecule is CCCC(NC(=O)c1csc(C)n1)c1nccn1C. The molecule has 2 heterocycles. The first-order valence-corrected chi connectivity index (χ1v) is 7.20. The number of aryl methyl sites for hydroxylation is 2. The number of nitrogens with zero attached hydrogens (tertiary/aromatic N) is 3. The molecule has 5 nitrogen and oxygen atoms in total. The van der Waals surface area contributed by atoms with Crippen molar-refractivity contribution in [2.75, 3.05) is 0 Å². The molecule has 0 aliphatic carbocycles. The van der Waals surface area contributed by atoms with Gasteiger partial charge in [0, 0.05) is 24.8 Å². The first-order valence-electron chi connectivity index (χ1n) is 6.32. The van der Waals surface area contributed by atoms with Crippen molar-refractivity contribution in [3.05, 3.63) is 34.3 Å². The molecule has 0 aliphatic rings. The molecule has 0 spiro atoms. The monoisotopic (exact) mass is 278 g/mol. The molecule has 19 heavy (non-hydrogen) atoms. The van der Waals surface area contributed by atoms with Gasteiger partial charge in [0.15, 0.2) is 0 Å². The summed E-state index contributed by atoms with van der Waals surface area (Å²) in [5, 5.41) is 5.69. The van der Waals surface area contributed by atoms with Crippen LogP contribution in [0.3, 0.4) is 0 Å². The Morgan fingerprint density at radius 3 is 2.89 bits per heavy atom. The molecule has 2 aromatic rings. The normalized spacial score (nSPS) is 12.4. The van der Waals surface area contributed by atoms with Gasteiger partial charge in [-0.3, -0.25) is 4.79 Å². The molecular weight excluding hydrogens is 260 g/mol. The maximum atomic E-state index is 12.1. The third-order valence-electron chi connectivity index (χ3n) is 2.90. The van der Waals surface area contributed by atoms with E-state index >= 15 is 0 Å². The zero-order valence-corrected chi connectivity index (χ0v) is 12.2. The Kier molecular flexibility index (Phi) is 4.31. The number of rotatable bonds is 5. The van der Waals surface area contributed by atoms with E-state index in [2.05, 4.69) is 22.2 Å². The lowest BCUT2D eigenvalue weighted by Crippen LogP contribution is -2.30. The summed E-state index contributed by atoms with van der Waals surface area (Å²) in [7, 11) is 1.93. The Balaban J connectivity index is 2.13. The van der Waals surface area contributed by atoms with Crippen LogP contribution in [0.5, 0.6) is 0 Å². The molecule has 0 saturated heterocycles. The zero-order chi connectivity index (χ0) is 13.8. The first-order chi connectivity index (χ1) is 9.11. The Hall–Kier alpha value is -1.69. The zero-order valence-electron chi connectivity index (χ0n) is 11.4. The lowest BCUT2D eigenvalue weighted by molar-refractivity contribution is 0.0927. The predicted octanol–water partition coefficient (Wildman–Crippen LogP) is 2.46. The van der Waals surface area contributed by atoms with E-state index in [1.807, 2.05) is 24.7 Å². The lowest BCUT2D eigenvalue weighted by atomic mass is 10.1. The summed E-state index contributed by atoms with van der Waals surface area (Å²) in [5.41, 5.74) is 0.484. The van der Waals surface area contributed by atoms with Gasteiger partial charge in [-0.2, -0.15) is 0 Å². The number of carbonyl (C=O) groups is 1. The maximum absolute atomic E-state index is 12.1. The van der Waals surface area contributed by atoms with E-state index in [1.54, 1.807) is 11.6 Å². The highest BCUT2D eigenvalue weighted by Gasteiger charge is 2.19. The number of thiazole rings is 1. The van der Waals surface area contributed by atoms with Gasteiger partial charge in [0.05, 0.1) is 11.0 Å². The van der Waals surface area contributed by atoms with E-state index in [1.165, 1.54) is 11.3 Å². The molecule has 1 atom stereocenters. The number of imidazole rings is 1. The smallest absolute Gasteiger partial charge is 0.271 e. The number of carbonyl (C=O) groups excluding carboxylic acids is 1. The lowest BCUT2D eigenvalue weighted by Gasteiger charge is -2.17. The topological polar surface area (TPSA) is 59.8 Å². The molecular formula is C13H18N4OS. The van der Waals surface area contributed by atoms with Crippen molar-refractivity contribution < 1.29 is 4.79 Å². The maximum Gasteiger partial charge on any atom is 0.271 e. The van der Waals surface area contributed by atoms with Gasteiger partial charge in [0.1, 0.15) is 11.5 Å². The predicted molar refractivity (Wildman–Crippen MR) is 75.2 cm³/mol. The van der Waals surface area contributed by atoms with Gasteiger partial charge in [-0.1, -0.05) is 13.3 Å². The Morgan fingerprint density at radius 2 is 2.37 bits per heavy atom. The summed E-state index contributed by atoms with van der Waals surface area (Å²) in [4.78, 5) is 20.7. The average molecular weight is 278 g/mol. The highest BCUT2D eigenvalue weighted by molar-refractivity contribution is 7.09. The van der Waals surface area contributed by atoms with Crippen molar-refractivity contribution in [1.29, 1.82) is 0 Å². The molecule has 1 amide bonds. The molecule has 0 bridgehead atoms. The highest BCUT2D eigenvalue weighted by atomic mass is 32.1. The van der Waals surface area contributed by atoms with Crippen molar-refractivity contribution in [2.24, 2.45) is 7.05 Å². The fraction of sp³-hybridized carbons (Fsp3) is 0.462. The minimum Gasteiger partial charge on any atom is -0.341 e. The van der Waals surface area contributed by atoms with Crippen molar-refractivity contribution in [3.8, 4) is 0 Å². The molecule has 1 unspecified atom stereocenters. The molecule has 0 aliphatic heterocycles. The molecule has 6 heteroatoms. The van der Waals surface area contributed by atoms with E-state index in [9.17, 15) is 4.79 Å². The highest BCUT2D eigenvalue weighted by Crippen LogP contribution is 2.17. The van der Waals surface area contributed by atoms with Crippen molar-refractivity contribution in [3.63, 3.8) is 0 Å². The first kappa shape index (κ1) is 13.7. The van der Waals surface area contributed by atoms with E-state index in [-0.39, 0.29) is 11.9 Å². The molecule has 0 aromatic carbocycles. The third kappa shape index (κ3) is 3.20. The van der Waals surface area contributed by atoms with Crippen LogP contribution in [0.25, 0.3) is 0 Å². The fourth-order valence-electron chi connectivity index (χ4n) is 1.97. The largest absolute Gasteiger partial charge is 0.341 e. The van der Waals surface area contributed by atoms with Crippen LogP contribution in [-0.4, -0.2) is 20.4 Å². The molecule has 2 rings (SSSR count). The molecule has 0 radical (unpaired) electrons. The van der Waals surface area contributed by atoms with Crippen LogP contribution >= 0.6 is 11.3 Å². The molecule has 0 fully saturated rings. The van der Waals surface area contributed by atoms with Crippen LogP contribution in [0.15, 0.2) is 17.8 Å². The second-order valence-electron chi connectivity index (χ2n) is 4.46. The van der Waals surface area contributed by atoms with E-state index < -0.39 is 0 Å². The number of nitrogens with one attached hydrogen (secondary N) is 1. The number of aromatic nitrogens is 3. The second-order valence-corrected chi connectivity index (χ2v) is 5.53. The van der Waals surface area contributed by atoms with Crippen molar-refractivity contribution in [2.45, 2.75) is 32.7 Å². The summed E-state index contributed by atoms with van der Waals surface area (Å²) in [6, 6.07) is -0.0699. The molecule has 0 saturated carbocycles. The summed E-state index contributed by atoms with van der Waals surface area (Å²) in [6.07, 6.45) is 5.47. The van der Waals surface area contributed by atoms with Gasteiger partial charge >= 0.3 is 0 Å². The summed E-state index contributed by atoms with van der Waals surface area (Å²) >= 11 is 1.48. The Labute approximate surface area is 116 Å². The van der Waals surface area contributed by atoms with Gasteiger partial charge < -0.3 is 9.88 Å². The van der Waals surface area contributed by atoms with Gasteiger partial charge in [0.2, 0.25) is 0 Å². The second kappa shape index (κ2) is 5.97. The molecule has 102 valence electrons. The Morgan fingerprint density at radius 1 is 1.58 bits per heavy atom. The summed E-state index contributed by atoms with van der Waals surface area (Å²) in [5.74, 6) is 0.743. The minimum atomic E-state index is -0.134. The fourth-order valence-corrected chi connectivity index (χ4v) is 2.56. The van der Waals surface area contributed by atoms with Crippen LogP contribution in [-0.2, 0) is 7.05 Å². The van der Waals surface area contributed by atoms with Crippen molar-refractivity contribution in [1.82, 2.24) is 19.9 Å². The minimum absolute atomic E-state index is 0.0699. The van der Waals surface area contributed by atoms with Crippen molar-refractivity contribution >= 4 is 17.2 Å². The summed E-state index contributed by atoms with van der Waals surface area (Å²) in [6.45, 7) is 3.98. The average Bonchev–Trinajstić information content (AvgIpc) is 2.97. The van der Waals surface area contributed by atoms with Crippen LogP contribution in [0.2, 0.25) is 0 Å². The van der Waals surface area contributed by atoms with E-state index in [0.717, 1.165) is 23.7 Å².